The number of hydrogen-bond acceptors (Lipinski definition) is 10. The normalized spacial score (nSPS) is 20.4. The van der Waals surface area contributed by atoms with Crippen molar-refractivity contribution in [3.05, 3.63) is 36.5 Å². The van der Waals surface area contributed by atoms with E-state index in [4.69, 9.17) is 9.47 Å². The molecule has 0 bridgehead atoms. The van der Waals surface area contributed by atoms with Crippen LogP contribution >= 0.6 is 0 Å². The number of carbonyl (C=O) groups is 1. The topological polar surface area (TPSA) is 189 Å². The highest BCUT2D eigenvalue weighted by Crippen LogP contribution is 2.23. The van der Waals surface area contributed by atoms with Gasteiger partial charge in [-0.25, -0.2) is 0 Å². The maximum absolute atomic E-state index is 13.2. The van der Waals surface area contributed by atoms with Gasteiger partial charge in [0.25, 0.3) is 0 Å². The highest BCUT2D eigenvalue weighted by Gasteiger charge is 2.44. The Bertz CT molecular complexity index is 1250. The number of unbranched alkanes of at least 4 members (excludes halogenated alkanes) is 33. The zero-order chi connectivity index (χ0) is 51.8. The Morgan fingerprint density at radius 1 is 0.493 bits per heavy atom. The molecule has 1 aliphatic heterocycles. The van der Waals surface area contributed by atoms with Gasteiger partial charge >= 0.3 is 0 Å². The maximum Gasteiger partial charge on any atom is 0.249 e. The third-order valence-electron chi connectivity index (χ3n) is 14.4. The minimum Gasteiger partial charge on any atom is -0.394 e. The fraction of sp³-hybridized carbons (Fsp3) is 0.883. The molecular weight excluding hydrogens is 895 g/mol. The highest BCUT2D eigenvalue weighted by molar-refractivity contribution is 5.80. The molecule has 1 fully saturated rings. The number of carbonyl (C=O) groups excluding carboxylic acids is 1. The Hall–Kier alpha value is -1.67. The molecule has 1 rings (SSSR count). The monoisotopic (exact) mass is 1010 g/mol. The Morgan fingerprint density at radius 3 is 1.32 bits per heavy atom. The molecule has 418 valence electrons. The maximum atomic E-state index is 13.2. The summed E-state index contributed by atoms with van der Waals surface area (Å²) in [5.41, 5.74) is 0. The van der Waals surface area contributed by atoms with Crippen LogP contribution in [0.25, 0.3) is 0 Å². The summed E-state index contributed by atoms with van der Waals surface area (Å²) in [6, 6.07) is -1.19. The highest BCUT2D eigenvalue weighted by atomic mass is 16.7. The summed E-state index contributed by atoms with van der Waals surface area (Å²) in [6.07, 6.45) is 49.3. The standard InChI is InChI=1S/C60H113NO10/c1-3-5-7-9-11-13-15-17-19-21-22-23-24-25-26-27-28-29-30-31-32-34-35-37-39-41-43-45-47-52(63)55(65)51(50-70-60-58(68)57(67)56(66)54(49-62)71-60)61-59(69)53(64)48-46-44-42-40-38-36-33-20-18-16-14-12-10-8-6-4-2/h12,14,18,20,39,41,51-58,60,62-68H,3-11,13,15-17,19,21-38,40,42-50H2,1-2H3,(H,61,69)/b14-12-,20-18-,41-39+. The molecule has 1 heterocycles. The van der Waals surface area contributed by atoms with E-state index in [9.17, 15) is 40.5 Å². The SMILES string of the molecule is CCCCC/C=C\C/C=C\CCCCCCCCC(O)C(=O)NC(COC1OC(CO)C(O)C(O)C1O)C(O)C(O)CCC/C=C/CCCCCCCCCCCCCCCCCCCCCCCCC. The predicted molar refractivity (Wildman–Crippen MR) is 293 cm³/mol. The molecule has 1 amide bonds. The second kappa shape index (κ2) is 49.2. The summed E-state index contributed by atoms with van der Waals surface area (Å²) in [6.45, 7) is 3.43. The van der Waals surface area contributed by atoms with E-state index in [0.717, 1.165) is 64.2 Å². The van der Waals surface area contributed by atoms with Crippen LogP contribution in [-0.4, -0.2) is 110 Å². The summed E-state index contributed by atoms with van der Waals surface area (Å²) < 4.78 is 11.1. The van der Waals surface area contributed by atoms with Gasteiger partial charge < -0.3 is 50.5 Å². The lowest BCUT2D eigenvalue weighted by Gasteiger charge is -2.40. The van der Waals surface area contributed by atoms with Crippen molar-refractivity contribution < 1.29 is 50.0 Å². The van der Waals surface area contributed by atoms with Crippen LogP contribution in [0.1, 0.15) is 271 Å². The molecule has 1 saturated heterocycles. The van der Waals surface area contributed by atoms with E-state index >= 15 is 0 Å². The number of allylic oxidation sites excluding steroid dienone is 6. The van der Waals surface area contributed by atoms with Crippen molar-refractivity contribution in [3.8, 4) is 0 Å². The van der Waals surface area contributed by atoms with E-state index in [1.54, 1.807) is 0 Å². The summed E-state index contributed by atoms with van der Waals surface area (Å²) in [5, 5.41) is 76.1. The number of nitrogens with one attached hydrogen (secondary N) is 1. The molecule has 0 spiro atoms. The molecule has 71 heavy (non-hydrogen) atoms. The van der Waals surface area contributed by atoms with Gasteiger partial charge in [0.15, 0.2) is 6.29 Å². The van der Waals surface area contributed by atoms with Crippen molar-refractivity contribution in [2.45, 2.75) is 326 Å². The Morgan fingerprint density at radius 2 is 0.873 bits per heavy atom. The lowest BCUT2D eigenvalue weighted by Crippen LogP contribution is -2.60. The number of ether oxygens (including phenoxy) is 2. The van der Waals surface area contributed by atoms with Gasteiger partial charge in [0, 0.05) is 0 Å². The zero-order valence-electron chi connectivity index (χ0n) is 45.7. The lowest BCUT2D eigenvalue weighted by atomic mass is 9.98. The number of rotatable bonds is 51. The second-order valence-corrected chi connectivity index (χ2v) is 21.1. The number of aliphatic hydroxyl groups excluding tert-OH is 7. The minimum atomic E-state index is -1.67. The lowest BCUT2D eigenvalue weighted by molar-refractivity contribution is -0.303. The molecule has 0 aromatic carbocycles. The van der Waals surface area contributed by atoms with Crippen molar-refractivity contribution in [2.75, 3.05) is 13.2 Å². The largest absolute Gasteiger partial charge is 0.394 e. The Labute approximate surface area is 435 Å². The average Bonchev–Trinajstić information content (AvgIpc) is 3.37. The van der Waals surface area contributed by atoms with Crippen LogP contribution in [0.4, 0.5) is 0 Å². The van der Waals surface area contributed by atoms with E-state index in [1.807, 2.05) is 0 Å². The van der Waals surface area contributed by atoms with E-state index in [2.05, 4.69) is 55.6 Å². The first-order chi connectivity index (χ1) is 34.7. The summed E-state index contributed by atoms with van der Waals surface area (Å²) >= 11 is 0. The molecule has 11 heteroatoms. The quantitative estimate of drug-likeness (QED) is 0.0215. The third kappa shape index (κ3) is 37.7. The first-order valence-corrected chi connectivity index (χ1v) is 29.9. The van der Waals surface area contributed by atoms with Crippen LogP contribution in [0.2, 0.25) is 0 Å². The van der Waals surface area contributed by atoms with Crippen LogP contribution in [0.3, 0.4) is 0 Å². The first-order valence-electron chi connectivity index (χ1n) is 29.9. The first kappa shape index (κ1) is 67.3. The van der Waals surface area contributed by atoms with Crippen LogP contribution in [0.5, 0.6) is 0 Å². The van der Waals surface area contributed by atoms with Gasteiger partial charge in [0.05, 0.1) is 25.4 Å². The van der Waals surface area contributed by atoms with Crippen LogP contribution < -0.4 is 5.32 Å². The van der Waals surface area contributed by atoms with Gasteiger partial charge in [0.2, 0.25) is 5.91 Å². The van der Waals surface area contributed by atoms with Gasteiger partial charge in [-0.3, -0.25) is 4.79 Å². The second-order valence-electron chi connectivity index (χ2n) is 21.1. The molecule has 0 aromatic heterocycles. The third-order valence-corrected chi connectivity index (χ3v) is 14.4. The fourth-order valence-corrected chi connectivity index (χ4v) is 9.53. The van der Waals surface area contributed by atoms with E-state index < -0.39 is 74.2 Å². The van der Waals surface area contributed by atoms with E-state index in [1.165, 1.54) is 167 Å². The zero-order valence-corrected chi connectivity index (χ0v) is 45.7. The van der Waals surface area contributed by atoms with Gasteiger partial charge in [-0.15, -0.1) is 0 Å². The summed E-state index contributed by atoms with van der Waals surface area (Å²) in [7, 11) is 0. The molecule has 9 atom stereocenters. The molecule has 11 nitrogen and oxygen atoms in total. The summed E-state index contributed by atoms with van der Waals surface area (Å²) in [5.74, 6) is -0.713. The number of amides is 1. The fourth-order valence-electron chi connectivity index (χ4n) is 9.53. The molecule has 0 saturated carbocycles. The van der Waals surface area contributed by atoms with Gasteiger partial charge in [-0.1, -0.05) is 237 Å². The molecule has 0 aromatic rings. The van der Waals surface area contributed by atoms with Gasteiger partial charge in [0.1, 0.15) is 36.6 Å². The Balaban J connectivity index is 2.28. The van der Waals surface area contributed by atoms with Gasteiger partial charge in [-0.2, -0.15) is 0 Å². The van der Waals surface area contributed by atoms with Crippen molar-refractivity contribution in [1.29, 1.82) is 0 Å². The predicted octanol–water partition coefficient (Wildman–Crippen LogP) is 12.7. The molecule has 8 N–H and O–H groups in total. The van der Waals surface area contributed by atoms with Gasteiger partial charge in [-0.05, 0) is 70.6 Å². The molecular formula is C60H113NO10. The molecule has 1 aliphatic rings. The summed E-state index contributed by atoms with van der Waals surface area (Å²) in [4.78, 5) is 13.2. The van der Waals surface area contributed by atoms with Crippen LogP contribution in [0, 0.1) is 0 Å². The molecule has 9 unspecified atom stereocenters. The van der Waals surface area contributed by atoms with E-state index in [0.29, 0.717) is 12.8 Å². The molecule has 0 radical (unpaired) electrons. The van der Waals surface area contributed by atoms with Crippen molar-refractivity contribution >= 4 is 5.91 Å². The van der Waals surface area contributed by atoms with E-state index in [-0.39, 0.29) is 12.8 Å². The molecule has 0 aliphatic carbocycles. The van der Waals surface area contributed by atoms with Crippen LogP contribution in [-0.2, 0) is 14.3 Å². The number of aliphatic hydroxyl groups is 7. The number of hydrogen-bond donors (Lipinski definition) is 8. The average molecular weight is 1010 g/mol. The van der Waals surface area contributed by atoms with Crippen molar-refractivity contribution in [2.24, 2.45) is 0 Å². The van der Waals surface area contributed by atoms with Crippen molar-refractivity contribution in [1.82, 2.24) is 5.32 Å². The smallest absolute Gasteiger partial charge is 0.249 e. The Kier molecular flexibility index (Phi) is 46.7. The van der Waals surface area contributed by atoms with Crippen molar-refractivity contribution in [3.63, 3.8) is 0 Å². The minimum absolute atomic E-state index is 0.242. The van der Waals surface area contributed by atoms with Crippen LogP contribution in [0.15, 0.2) is 36.5 Å².